The Balaban J connectivity index is 0.00000220. The van der Waals surface area contributed by atoms with Gasteiger partial charge in [-0.3, -0.25) is 4.99 Å². The Kier molecular flexibility index (Phi) is 8.31. The van der Waals surface area contributed by atoms with E-state index in [0.29, 0.717) is 5.41 Å². The summed E-state index contributed by atoms with van der Waals surface area (Å²) in [6.45, 7) is 6.19. The largest absolute Gasteiger partial charge is 0.385 e. The Hall–Kier alpha value is -0.0400. The maximum absolute atomic E-state index is 6.20. The zero-order chi connectivity index (χ0) is 14.4. The average molecular weight is 409 g/mol. The summed E-state index contributed by atoms with van der Waals surface area (Å²) < 4.78 is 5.27. The van der Waals surface area contributed by atoms with Crippen LogP contribution in [0, 0.1) is 11.3 Å². The molecule has 0 unspecified atom stereocenters. The summed E-state index contributed by atoms with van der Waals surface area (Å²) in [4.78, 5) is 7.01. The zero-order valence-corrected chi connectivity index (χ0v) is 16.0. The highest BCUT2D eigenvalue weighted by molar-refractivity contribution is 14.0. The van der Waals surface area contributed by atoms with E-state index in [0.717, 1.165) is 44.5 Å². The fourth-order valence-corrected chi connectivity index (χ4v) is 3.52. The minimum absolute atomic E-state index is 0. The van der Waals surface area contributed by atoms with Crippen LogP contribution in [0.5, 0.6) is 0 Å². The highest BCUT2D eigenvalue weighted by Gasteiger charge is 2.33. The molecule has 1 saturated heterocycles. The van der Waals surface area contributed by atoms with E-state index in [2.05, 4.69) is 11.8 Å². The van der Waals surface area contributed by atoms with Gasteiger partial charge in [-0.1, -0.05) is 19.8 Å². The molecule has 0 spiro atoms. The van der Waals surface area contributed by atoms with Crippen LogP contribution in [0.15, 0.2) is 4.99 Å². The van der Waals surface area contributed by atoms with Gasteiger partial charge < -0.3 is 15.4 Å². The van der Waals surface area contributed by atoms with Crippen LogP contribution in [0.3, 0.4) is 0 Å². The molecule has 0 aromatic carbocycles. The van der Waals surface area contributed by atoms with Gasteiger partial charge in [0.1, 0.15) is 0 Å². The molecule has 21 heavy (non-hydrogen) atoms. The summed E-state index contributed by atoms with van der Waals surface area (Å²) in [6.07, 6.45) is 8.84. The second kappa shape index (κ2) is 9.18. The first kappa shape index (κ1) is 19.0. The van der Waals surface area contributed by atoms with Crippen molar-refractivity contribution in [2.75, 3.05) is 33.4 Å². The first-order valence-electron chi connectivity index (χ1n) is 8.19. The van der Waals surface area contributed by atoms with E-state index in [1.165, 1.54) is 38.5 Å². The van der Waals surface area contributed by atoms with E-state index in [4.69, 9.17) is 15.5 Å². The number of halogens is 1. The van der Waals surface area contributed by atoms with E-state index < -0.39 is 0 Å². The lowest BCUT2D eigenvalue weighted by Gasteiger charge is -2.32. The molecule has 2 fully saturated rings. The Morgan fingerprint density at radius 3 is 2.48 bits per heavy atom. The molecule has 1 aliphatic heterocycles. The van der Waals surface area contributed by atoms with Gasteiger partial charge in [0.15, 0.2) is 5.96 Å². The number of likely N-dealkylation sites (tertiary alicyclic amines) is 1. The van der Waals surface area contributed by atoms with Crippen molar-refractivity contribution in [1.82, 2.24) is 4.90 Å². The van der Waals surface area contributed by atoms with Crippen molar-refractivity contribution >= 4 is 29.9 Å². The van der Waals surface area contributed by atoms with Crippen molar-refractivity contribution in [2.45, 2.75) is 51.9 Å². The number of nitrogens with zero attached hydrogens (tertiary/aromatic N) is 2. The number of guanidine groups is 1. The van der Waals surface area contributed by atoms with Crippen LogP contribution in [-0.4, -0.2) is 44.2 Å². The number of hydrogen-bond acceptors (Lipinski definition) is 2. The maximum Gasteiger partial charge on any atom is 0.191 e. The fourth-order valence-electron chi connectivity index (χ4n) is 3.52. The summed E-state index contributed by atoms with van der Waals surface area (Å²) in [5.41, 5.74) is 6.56. The minimum atomic E-state index is 0. The third kappa shape index (κ3) is 5.58. The molecule has 2 N–H and O–H groups in total. The molecule has 2 aliphatic rings. The highest BCUT2D eigenvalue weighted by atomic mass is 127. The van der Waals surface area contributed by atoms with Crippen LogP contribution in [0.4, 0.5) is 0 Å². The van der Waals surface area contributed by atoms with E-state index in [1.807, 2.05) is 0 Å². The molecule has 0 aromatic heterocycles. The zero-order valence-electron chi connectivity index (χ0n) is 13.6. The van der Waals surface area contributed by atoms with Crippen molar-refractivity contribution in [3.05, 3.63) is 0 Å². The number of aliphatic imine (C=N–C) groups is 1. The van der Waals surface area contributed by atoms with Gasteiger partial charge >= 0.3 is 0 Å². The van der Waals surface area contributed by atoms with E-state index >= 15 is 0 Å². The first-order chi connectivity index (χ1) is 9.65. The first-order valence-corrected chi connectivity index (χ1v) is 8.19. The summed E-state index contributed by atoms with van der Waals surface area (Å²) in [7, 11) is 1.79. The number of nitrogens with two attached hydrogens (primary N) is 1. The number of rotatable bonds is 5. The summed E-state index contributed by atoms with van der Waals surface area (Å²) >= 11 is 0. The number of methoxy groups -OCH3 is 1. The van der Waals surface area contributed by atoms with Crippen LogP contribution in [0.25, 0.3) is 0 Å². The number of hydrogen-bond donors (Lipinski definition) is 1. The van der Waals surface area contributed by atoms with Crippen LogP contribution in [0.1, 0.15) is 51.9 Å². The Labute approximate surface area is 146 Å². The molecule has 2 rings (SSSR count). The Bertz CT molecular complexity index is 321. The van der Waals surface area contributed by atoms with Gasteiger partial charge in [-0.15, -0.1) is 24.0 Å². The standard InChI is InChI=1S/C16H31N3O.HI/c1-14-5-10-19(11-6-14)15(17)18-13-16(9-12-20-2)7-3-4-8-16;/h14H,3-13H2,1-2H3,(H2,17,18);1H. The third-order valence-corrected chi connectivity index (χ3v) is 5.18. The van der Waals surface area contributed by atoms with Crippen molar-refractivity contribution in [3.8, 4) is 0 Å². The Morgan fingerprint density at radius 2 is 1.90 bits per heavy atom. The molecular formula is C16H32IN3O. The molecule has 0 amide bonds. The summed E-state index contributed by atoms with van der Waals surface area (Å²) in [5, 5.41) is 0. The second-order valence-electron chi connectivity index (χ2n) is 6.79. The quantitative estimate of drug-likeness (QED) is 0.431. The maximum atomic E-state index is 6.20. The van der Waals surface area contributed by atoms with Crippen LogP contribution in [0.2, 0.25) is 0 Å². The monoisotopic (exact) mass is 409 g/mol. The molecule has 1 heterocycles. The lowest BCUT2D eigenvalue weighted by atomic mass is 9.83. The van der Waals surface area contributed by atoms with Crippen LogP contribution in [-0.2, 0) is 4.74 Å². The van der Waals surface area contributed by atoms with Crippen molar-refractivity contribution in [1.29, 1.82) is 0 Å². The predicted octanol–water partition coefficient (Wildman–Crippen LogP) is 3.25. The summed E-state index contributed by atoms with van der Waals surface area (Å²) in [5.74, 6) is 1.60. The van der Waals surface area contributed by atoms with E-state index in [9.17, 15) is 0 Å². The van der Waals surface area contributed by atoms with Crippen LogP contribution < -0.4 is 5.73 Å². The van der Waals surface area contributed by atoms with Gasteiger partial charge in [-0.2, -0.15) is 0 Å². The Morgan fingerprint density at radius 1 is 1.29 bits per heavy atom. The minimum Gasteiger partial charge on any atom is -0.385 e. The van der Waals surface area contributed by atoms with Gasteiger partial charge in [0.25, 0.3) is 0 Å². The van der Waals surface area contributed by atoms with Gasteiger partial charge in [-0.25, -0.2) is 0 Å². The molecule has 0 aromatic rings. The molecular weight excluding hydrogens is 377 g/mol. The fraction of sp³-hybridized carbons (Fsp3) is 0.938. The average Bonchev–Trinajstić information content (AvgIpc) is 2.93. The predicted molar refractivity (Wildman–Crippen MR) is 99.3 cm³/mol. The molecule has 4 nitrogen and oxygen atoms in total. The lowest BCUT2D eigenvalue weighted by Crippen LogP contribution is -2.43. The molecule has 124 valence electrons. The van der Waals surface area contributed by atoms with E-state index in [-0.39, 0.29) is 24.0 Å². The highest BCUT2D eigenvalue weighted by Crippen LogP contribution is 2.41. The molecule has 0 bridgehead atoms. The van der Waals surface area contributed by atoms with Gasteiger partial charge in [0.05, 0.1) is 0 Å². The lowest BCUT2D eigenvalue weighted by molar-refractivity contribution is 0.141. The number of piperidine rings is 1. The molecule has 1 saturated carbocycles. The SMILES string of the molecule is COCCC1(CN=C(N)N2CCC(C)CC2)CCCC1.I. The van der Waals surface area contributed by atoms with Gasteiger partial charge in [0, 0.05) is 33.4 Å². The molecule has 0 atom stereocenters. The second-order valence-corrected chi connectivity index (χ2v) is 6.79. The topological polar surface area (TPSA) is 50.9 Å². The van der Waals surface area contributed by atoms with Crippen molar-refractivity contribution < 1.29 is 4.74 Å². The van der Waals surface area contributed by atoms with Crippen LogP contribution >= 0.6 is 24.0 Å². The normalized spacial score (nSPS) is 23.1. The van der Waals surface area contributed by atoms with E-state index in [1.54, 1.807) is 7.11 Å². The van der Waals surface area contributed by atoms with Crippen molar-refractivity contribution in [2.24, 2.45) is 22.1 Å². The smallest absolute Gasteiger partial charge is 0.191 e. The van der Waals surface area contributed by atoms with Gasteiger partial charge in [-0.05, 0) is 43.4 Å². The number of ether oxygens (including phenoxy) is 1. The summed E-state index contributed by atoms with van der Waals surface area (Å²) in [6, 6.07) is 0. The molecule has 0 radical (unpaired) electrons. The third-order valence-electron chi connectivity index (χ3n) is 5.18. The van der Waals surface area contributed by atoms with Gasteiger partial charge in [0.2, 0.25) is 0 Å². The molecule has 1 aliphatic carbocycles. The van der Waals surface area contributed by atoms with Crippen molar-refractivity contribution in [3.63, 3.8) is 0 Å². The molecule has 5 heteroatoms.